The van der Waals surface area contributed by atoms with Gasteiger partial charge in [0.25, 0.3) is 0 Å². The quantitative estimate of drug-likeness (QED) is 0.456. The third kappa shape index (κ3) is 5.58. The molecule has 3 heterocycles. The molecule has 1 saturated heterocycles. The summed E-state index contributed by atoms with van der Waals surface area (Å²) in [6, 6.07) is 2.18. The molecule has 0 unspecified atom stereocenters. The Balaban J connectivity index is 1.24. The average Bonchev–Trinajstić information content (AvgIpc) is 3.54. The molecule has 0 radical (unpaired) electrons. The molecule has 0 spiro atoms. The summed E-state index contributed by atoms with van der Waals surface area (Å²) in [7, 11) is 2.11. The summed E-state index contributed by atoms with van der Waals surface area (Å²) in [4.78, 5) is 14.7. The summed E-state index contributed by atoms with van der Waals surface area (Å²) in [5.41, 5.74) is 1.12. The molecule has 2 aromatic heterocycles. The van der Waals surface area contributed by atoms with Crippen LogP contribution >= 0.6 is 11.8 Å². The molecular formula is C23H37N7S. The minimum atomic E-state index is -0.0262. The van der Waals surface area contributed by atoms with Crippen LogP contribution in [0.1, 0.15) is 70.2 Å². The first kappa shape index (κ1) is 22.5. The van der Waals surface area contributed by atoms with Crippen LogP contribution in [0.25, 0.3) is 0 Å². The molecule has 2 fully saturated rings. The smallest absolute Gasteiger partial charge is 0.190 e. The Bertz CT molecular complexity index is 877. The lowest BCUT2D eigenvalue weighted by atomic mass is 9.95. The van der Waals surface area contributed by atoms with Crippen molar-refractivity contribution in [3.63, 3.8) is 0 Å². The van der Waals surface area contributed by atoms with Crippen LogP contribution in [0, 0.1) is 0 Å². The van der Waals surface area contributed by atoms with E-state index < -0.39 is 0 Å². The predicted molar refractivity (Wildman–Crippen MR) is 127 cm³/mol. The highest BCUT2D eigenvalue weighted by Gasteiger charge is 2.29. The van der Waals surface area contributed by atoms with Crippen LogP contribution in [0.2, 0.25) is 0 Å². The van der Waals surface area contributed by atoms with Gasteiger partial charge in [0.2, 0.25) is 0 Å². The maximum absolute atomic E-state index is 4.92. The van der Waals surface area contributed by atoms with Crippen molar-refractivity contribution in [2.45, 2.75) is 69.9 Å². The fraction of sp³-hybridized carbons (Fsp3) is 0.739. The van der Waals surface area contributed by atoms with Crippen molar-refractivity contribution < 1.29 is 0 Å². The minimum absolute atomic E-state index is 0.0262. The summed E-state index contributed by atoms with van der Waals surface area (Å²) in [6.45, 7) is 14.1. The molecule has 31 heavy (non-hydrogen) atoms. The first-order valence-corrected chi connectivity index (χ1v) is 12.7. The molecule has 7 nitrogen and oxygen atoms in total. The van der Waals surface area contributed by atoms with Crippen LogP contribution in [0.5, 0.6) is 0 Å². The second-order valence-corrected chi connectivity index (χ2v) is 10.9. The van der Waals surface area contributed by atoms with E-state index >= 15 is 0 Å². The highest BCUT2D eigenvalue weighted by molar-refractivity contribution is 7.99. The Morgan fingerprint density at radius 1 is 1.06 bits per heavy atom. The van der Waals surface area contributed by atoms with E-state index in [0.29, 0.717) is 5.92 Å². The molecule has 0 aromatic carbocycles. The molecule has 2 aromatic rings. The molecule has 170 valence electrons. The van der Waals surface area contributed by atoms with E-state index in [4.69, 9.17) is 9.97 Å². The fourth-order valence-corrected chi connectivity index (χ4v) is 4.80. The van der Waals surface area contributed by atoms with E-state index in [9.17, 15) is 0 Å². The number of anilines is 1. The van der Waals surface area contributed by atoms with Crippen LogP contribution in [-0.2, 0) is 18.9 Å². The lowest BCUT2D eigenvalue weighted by molar-refractivity contribution is 0.258. The van der Waals surface area contributed by atoms with Crippen LogP contribution in [0.3, 0.4) is 0 Å². The van der Waals surface area contributed by atoms with Gasteiger partial charge in [0.15, 0.2) is 5.16 Å². The average molecular weight is 444 g/mol. The van der Waals surface area contributed by atoms with Crippen molar-refractivity contribution in [2.75, 3.05) is 43.4 Å². The van der Waals surface area contributed by atoms with Gasteiger partial charge in [-0.05, 0) is 32.2 Å². The largest absolute Gasteiger partial charge is 0.354 e. The maximum Gasteiger partial charge on any atom is 0.190 e. The van der Waals surface area contributed by atoms with Gasteiger partial charge in [-0.2, -0.15) is 0 Å². The zero-order valence-corrected chi connectivity index (χ0v) is 20.6. The highest BCUT2D eigenvalue weighted by Crippen LogP contribution is 2.39. The van der Waals surface area contributed by atoms with Crippen LogP contribution < -0.4 is 4.90 Å². The summed E-state index contributed by atoms with van der Waals surface area (Å²) in [6.07, 6.45) is 4.67. The first-order chi connectivity index (χ1) is 14.8. The number of hydrogen-bond acceptors (Lipinski definition) is 7. The molecular weight excluding hydrogens is 406 g/mol. The van der Waals surface area contributed by atoms with Gasteiger partial charge in [-0.3, -0.25) is 4.90 Å². The van der Waals surface area contributed by atoms with Gasteiger partial charge in [-0.1, -0.05) is 39.5 Å². The Morgan fingerprint density at radius 3 is 2.45 bits per heavy atom. The lowest BCUT2D eigenvalue weighted by Gasteiger charge is -2.36. The van der Waals surface area contributed by atoms with Gasteiger partial charge in [-0.25, -0.2) is 9.97 Å². The molecule has 1 aliphatic heterocycles. The van der Waals surface area contributed by atoms with Gasteiger partial charge in [-0.15, -0.1) is 10.2 Å². The number of aryl methyl sites for hydroxylation is 1. The highest BCUT2D eigenvalue weighted by atomic mass is 32.2. The van der Waals surface area contributed by atoms with Crippen molar-refractivity contribution in [2.24, 2.45) is 7.05 Å². The summed E-state index contributed by atoms with van der Waals surface area (Å²) >= 11 is 1.84. The van der Waals surface area contributed by atoms with E-state index in [-0.39, 0.29) is 5.41 Å². The SMILES string of the molecule is CCc1cc(N2CCN(CCCSc3nnc(C4CC4)n3C)CC2)nc(C(C)(C)C)n1. The third-order valence-corrected chi connectivity index (χ3v) is 7.26. The Morgan fingerprint density at radius 2 is 1.81 bits per heavy atom. The van der Waals surface area contributed by atoms with Gasteiger partial charge in [0.1, 0.15) is 17.5 Å². The molecule has 2 aliphatic rings. The third-order valence-electron chi connectivity index (χ3n) is 6.16. The first-order valence-electron chi connectivity index (χ1n) is 11.7. The number of rotatable bonds is 8. The Hall–Kier alpha value is -1.67. The van der Waals surface area contributed by atoms with Crippen LogP contribution in [0.15, 0.2) is 11.2 Å². The van der Waals surface area contributed by atoms with Crippen LogP contribution in [0.4, 0.5) is 5.82 Å². The molecule has 0 amide bonds. The van der Waals surface area contributed by atoms with Crippen molar-refractivity contribution in [3.8, 4) is 0 Å². The van der Waals surface area contributed by atoms with Gasteiger partial charge in [0, 0.05) is 62.1 Å². The fourth-order valence-electron chi connectivity index (χ4n) is 3.96. The zero-order chi connectivity index (χ0) is 22.0. The summed E-state index contributed by atoms with van der Waals surface area (Å²) in [5, 5.41) is 9.84. The summed E-state index contributed by atoms with van der Waals surface area (Å²) in [5.74, 6) is 4.98. The van der Waals surface area contributed by atoms with E-state index in [1.54, 1.807) is 0 Å². The van der Waals surface area contributed by atoms with Gasteiger partial charge < -0.3 is 9.47 Å². The lowest BCUT2D eigenvalue weighted by Crippen LogP contribution is -2.47. The number of thioether (sulfide) groups is 1. The number of nitrogens with zero attached hydrogens (tertiary/aromatic N) is 7. The van der Waals surface area contributed by atoms with Gasteiger partial charge in [0.05, 0.1) is 0 Å². The van der Waals surface area contributed by atoms with Crippen molar-refractivity contribution >= 4 is 17.6 Å². The Kier molecular flexibility index (Phi) is 6.86. The number of hydrogen-bond donors (Lipinski definition) is 0. The van der Waals surface area contributed by atoms with E-state index in [2.05, 4.69) is 65.4 Å². The topological polar surface area (TPSA) is 63.0 Å². The molecule has 0 atom stereocenters. The molecule has 1 saturated carbocycles. The predicted octanol–water partition coefficient (Wildman–Crippen LogP) is 3.65. The second kappa shape index (κ2) is 9.45. The van der Waals surface area contributed by atoms with E-state index in [1.165, 1.54) is 25.1 Å². The molecule has 0 bridgehead atoms. The Labute approximate surface area is 191 Å². The standard InChI is InChI=1S/C23H37N7S/c1-6-18-16-19(25-21(24-18)23(2,3)4)30-13-11-29(12-14-30)10-7-15-31-22-27-26-20(28(22)5)17-8-9-17/h16-17H,6-15H2,1-5H3. The second-order valence-electron chi connectivity index (χ2n) is 9.85. The monoisotopic (exact) mass is 443 g/mol. The van der Waals surface area contributed by atoms with E-state index in [0.717, 1.165) is 67.4 Å². The molecule has 4 rings (SSSR count). The molecule has 8 heteroatoms. The molecule has 0 N–H and O–H groups in total. The zero-order valence-electron chi connectivity index (χ0n) is 19.8. The van der Waals surface area contributed by atoms with Crippen molar-refractivity contribution in [1.29, 1.82) is 0 Å². The minimum Gasteiger partial charge on any atom is -0.354 e. The number of aromatic nitrogens is 5. The van der Waals surface area contributed by atoms with E-state index in [1.807, 2.05) is 11.8 Å². The normalized spacial score (nSPS) is 18.0. The maximum atomic E-state index is 4.92. The van der Waals surface area contributed by atoms with Crippen molar-refractivity contribution in [1.82, 2.24) is 29.6 Å². The molecule has 1 aliphatic carbocycles. The van der Waals surface area contributed by atoms with Gasteiger partial charge >= 0.3 is 0 Å². The number of piperazine rings is 1. The van der Waals surface area contributed by atoms with Crippen LogP contribution in [-0.4, -0.2) is 68.1 Å². The summed E-state index contributed by atoms with van der Waals surface area (Å²) < 4.78 is 2.19. The van der Waals surface area contributed by atoms with Crippen molar-refractivity contribution in [3.05, 3.63) is 23.4 Å².